The van der Waals surface area contributed by atoms with Crippen LogP contribution in [0.2, 0.25) is 0 Å². The molecule has 1 aliphatic heterocycles. The van der Waals surface area contributed by atoms with Crippen LogP contribution < -0.4 is 10.6 Å². The maximum atomic E-state index is 14.4. The predicted molar refractivity (Wildman–Crippen MR) is 227 cm³/mol. The van der Waals surface area contributed by atoms with Gasteiger partial charge in [0, 0.05) is 63.2 Å². The SMILES string of the molecule is COC1CCC(C[C@@H](CN(C)C)NC(=O)C2CC(C3CCCC(CN4O[C@@H](CO)[C@@H]([C@H](C)O)[C@H]4C(=O)N[C@H]4C[C@H]5C[C@@H]([C@@H]4C)C5(C)C)C3OC)CC(N(C)C)C2)CC1. The van der Waals surface area contributed by atoms with E-state index in [1.54, 1.807) is 12.0 Å². The van der Waals surface area contributed by atoms with E-state index in [9.17, 15) is 19.8 Å². The molecule has 7 fully saturated rings. The van der Waals surface area contributed by atoms with Gasteiger partial charge in [-0.25, -0.2) is 0 Å². The number of aliphatic hydroxyl groups is 2. The van der Waals surface area contributed by atoms with Crippen LogP contribution in [-0.4, -0.2) is 148 Å². The number of hydrogen-bond donors (Lipinski definition) is 4. The Balaban J connectivity index is 1.14. The molecule has 4 N–H and O–H groups in total. The van der Waals surface area contributed by atoms with Gasteiger partial charge in [-0.05, 0) is 153 Å². The molecule has 2 amide bonds. The lowest BCUT2D eigenvalue weighted by Crippen LogP contribution is -2.62. The molecular formula is C46H83N5O7. The van der Waals surface area contributed by atoms with Crippen molar-refractivity contribution in [3.05, 3.63) is 0 Å². The van der Waals surface area contributed by atoms with Gasteiger partial charge in [-0.1, -0.05) is 27.2 Å². The Labute approximate surface area is 351 Å². The maximum Gasteiger partial charge on any atom is 0.240 e. The molecule has 7 aliphatic rings. The Morgan fingerprint density at radius 2 is 1.67 bits per heavy atom. The van der Waals surface area contributed by atoms with Crippen LogP contribution in [0.1, 0.15) is 111 Å². The molecule has 0 aromatic rings. The number of hydroxylamine groups is 2. The number of nitrogens with zero attached hydrogens (tertiary/aromatic N) is 3. The zero-order valence-corrected chi connectivity index (χ0v) is 37.9. The van der Waals surface area contributed by atoms with Gasteiger partial charge in [0.2, 0.25) is 11.8 Å². The van der Waals surface area contributed by atoms with Crippen molar-refractivity contribution in [2.24, 2.45) is 58.7 Å². The molecule has 6 aliphatic carbocycles. The van der Waals surface area contributed by atoms with E-state index in [2.05, 4.69) is 69.4 Å². The van der Waals surface area contributed by atoms with Crippen molar-refractivity contribution in [3.63, 3.8) is 0 Å². The summed E-state index contributed by atoms with van der Waals surface area (Å²) >= 11 is 0. The number of aliphatic hydroxyl groups excluding tert-OH is 2. The third kappa shape index (κ3) is 10.1. The van der Waals surface area contributed by atoms with Crippen molar-refractivity contribution in [2.75, 3.05) is 62.1 Å². The molecule has 2 bridgehead atoms. The number of likely N-dealkylation sites (N-methyl/N-ethyl adjacent to an activating group) is 1. The Kier molecular flexibility index (Phi) is 15.7. The number of carbonyl (C=O) groups excluding carboxylic acids is 2. The first-order chi connectivity index (χ1) is 27.6. The lowest BCUT2D eigenvalue weighted by Gasteiger charge is -2.62. The van der Waals surface area contributed by atoms with Crippen LogP contribution in [0.4, 0.5) is 0 Å². The van der Waals surface area contributed by atoms with Crippen molar-refractivity contribution in [1.82, 2.24) is 25.5 Å². The summed E-state index contributed by atoms with van der Waals surface area (Å²) in [5, 5.41) is 30.3. The molecule has 1 saturated heterocycles. The number of nitrogens with one attached hydrogen (secondary N) is 2. The van der Waals surface area contributed by atoms with Crippen LogP contribution in [-0.2, 0) is 23.9 Å². The molecule has 0 aromatic heterocycles. The van der Waals surface area contributed by atoms with Gasteiger partial charge in [0.05, 0.1) is 24.9 Å². The molecule has 58 heavy (non-hydrogen) atoms. The van der Waals surface area contributed by atoms with E-state index in [1.807, 2.05) is 14.2 Å². The van der Waals surface area contributed by atoms with Crippen molar-refractivity contribution < 1.29 is 34.1 Å². The van der Waals surface area contributed by atoms with Gasteiger partial charge in [-0.15, -0.1) is 0 Å². The molecule has 12 heteroatoms. The molecule has 6 unspecified atom stereocenters. The van der Waals surface area contributed by atoms with Crippen LogP contribution >= 0.6 is 0 Å². The summed E-state index contributed by atoms with van der Waals surface area (Å²) in [5.74, 6) is 2.34. The lowest BCUT2D eigenvalue weighted by atomic mass is 9.45. The second-order valence-electron chi connectivity index (χ2n) is 21.2. The van der Waals surface area contributed by atoms with E-state index in [0.29, 0.717) is 53.7 Å². The van der Waals surface area contributed by atoms with Crippen molar-refractivity contribution in [3.8, 4) is 0 Å². The zero-order valence-electron chi connectivity index (χ0n) is 37.9. The highest BCUT2D eigenvalue weighted by Crippen LogP contribution is 2.61. The smallest absolute Gasteiger partial charge is 0.240 e. The Bertz CT molecular complexity index is 1340. The van der Waals surface area contributed by atoms with Gasteiger partial charge >= 0.3 is 0 Å². The summed E-state index contributed by atoms with van der Waals surface area (Å²) in [6.45, 7) is 9.78. The maximum absolute atomic E-state index is 14.4. The van der Waals surface area contributed by atoms with Gasteiger partial charge in [0.25, 0.3) is 0 Å². The van der Waals surface area contributed by atoms with E-state index >= 15 is 0 Å². The summed E-state index contributed by atoms with van der Waals surface area (Å²) in [5.41, 5.74) is 0.312. The third-order valence-corrected chi connectivity index (χ3v) is 16.9. The van der Waals surface area contributed by atoms with Crippen molar-refractivity contribution in [1.29, 1.82) is 0 Å². The van der Waals surface area contributed by atoms with Crippen LogP contribution in [0.15, 0.2) is 0 Å². The summed E-state index contributed by atoms with van der Waals surface area (Å²) < 4.78 is 12.1. The summed E-state index contributed by atoms with van der Waals surface area (Å²) in [7, 11) is 12.1. The molecule has 7 rings (SSSR count). The van der Waals surface area contributed by atoms with E-state index < -0.39 is 24.2 Å². The number of rotatable bonds is 16. The van der Waals surface area contributed by atoms with E-state index in [1.165, 1.54) is 6.42 Å². The van der Waals surface area contributed by atoms with Gasteiger partial charge < -0.3 is 40.1 Å². The number of ether oxygens (including phenoxy) is 2. The number of amides is 2. The fraction of sp³-hybridized carbons (Fsp3) is 0.957. The summed E-state index contributed by atoms with van der Waals surface area (Å²) in [4.78, 5) is 39.7. The minimum atomic E-state index is -0.831. The highest BCUT2D eigenvalue weighted by molar-refractivity contribution is 5.83. The van der Waals surface area contributed by atoms with Crippen LogP contribution in [0.5, 0.6) is 0 Å². The molecule has 12 nitrogen and oxygen atoms in total. The fourth-order valence-electron chi connectivity index (χ4n) is 13.4. The average molecular weight is 818 g/mol. The van der Waals surface area contributed by atoms with Crippen LogP contribution in [0.25, 0.3) is 0 Å². The fourth-order valence-corrected chi connectivity index (χ4v) is 13.4. The van der Waals surface area contributed by atoms with E-state index in [0.717, 1.165) is 83.6 Å². The standard InChI is InChI=1S/C46H83N5O7/c1-27-38-22-33(46(38,3)4)23-39(27)48-45(55)42-41(28(2)53)40(26-52)58-51(42)24-30-12-11-13-37(43(30)57-10)31-19-32(21-35(20-31)50(7)8)44(54)47-34(25-49(5)6)18-29-14-16-36(56-9)17-15-29/h27-43,52-53H,11-26H2,1-10H3,(H,47,54)(H,48,55)/t27-,28-,29?,30?,31?,32?,33+,34-,35?,36?,37?,38-,39-,40-,41+,42-,43?/m0/s1. The van der Waals surface area contributed by atoms with Gasteiger partial charge in [0.1, 0.15) is 12.1 Å². The first kappa shape index (κ1) is 46.1. The van der Waals surface area contributed by atoms with Crippen molar-refractivity contribution in [2.45, 2.75) is 160 Å². The highest BCUT2D eigenvalue weighted by atomic mass is 16.7. The van der Waals surface area contributed by atoms with Crippen molar-refractivity contribution >= 4 is 11.8 Å². The molecule has 0 radical (unpaired) electrons. The molecule has 1 heterocycles. The second kappa shape index (κ2) is 19.8. The summed E-state index contributed by atoms with van der Waals surface area (Å²) in [6.07, 6.45) is 12.3. The second-order valence-corrected chi connectivity index (χ2v) is 21.2. The van der Waals surface area contributed by atoms with Gasteiger partial charge in [-0.3, -0.25) is 14.4 Å². The molecule has 15 atom stereocenters. The Morgan fingerprint density at radius 1 is 0.948 bits per heavy atom. The number of hydrogen-bond acceptors (Lipinski definition) is 10. The molecule has 6 saturated carbocycles. The number of fused-ring (bicyclic) bond motifs is 2. The van der Waals surface area contributed by atoms with E-state index in [-0.39, 0.29) is 54.4 Å². The highest BCUT2D eigenvalue weighted by Gasteiger charge is 2.58. The predicted octanol–water partition coefficient (Wildman–Crippen LogP) is 4.57. The van der Waals surface area contributed by atoms with Crippen LogP contribution in [0, 0.1) is 58.7 Å². The third-order valence-electron chi connectivity index (χ3n) is 16.9. The first-order valence-electron chi connectivity index (χ1n) is 23.3. The molecule has 334 valence electrons. The minimum absolute atomic E-state index is 0.0645. The largest absolute Gasteiger partial charge is 0.394 e. The van der Waals surface area contributed by atoms with E-state index in [4.69, 9.17) is 14.3 Å². The Hall–Kier alpha value is -1.38. The quantitative estimate of drug-likeness (QED) is 0.176. The number of methoxy groups -OCH3 is 2. The lowest BCUT2D eigenvalue weighted by molar-refractivity contribution is -0.193. The zero-order chi connectivity index (χ0) is 42.1. The molecular weight excluding hydrogens is 735 g/mol. The summed E-state index contributed by atoms with van der Waals surface area (Å²) in [6, 6.07) is -0.197. The minimum Gasteiger partial charge on any atom is -0.394 e. The average Bonchev–Trinajstić information content (AvgIpc) is 3.56. The first-order valence-corrected chi connectivity index (χ1v) is 23.3. The molecule has 0 spiro atoms. The Morgan fingerprint density at radius 3 is 2.26 bits per heavy atom. The van der Waals surface area contributed by atoms with Gasteiger partial charge in [0.15, 0.2) is 0 Å². The normalized spacial score (nSPS) is 41.5. The monoisotopic (exact) mass is 818 g/mol. The van der Waals surface area contributed by atoms with Gasteiger partial charge in [-0.2, -0.15) is 5.06 Å². The topological polar surface area (TPSA) is 136 Å². The molecule has 0 aromatic carbocycles. The van der Waals surface area contributed by atoms with Crippen LogP contribution in [0.3, 0.4) is 0 Å². The number of carbonyl (C=O) groups is 2.